The van der Waals surface area contributed by atoms with E-state index in [1.807, 2.05) is 0 Å². The molecule has 0 heterocycles. The van der Waals surface area contributed by atoms with Crippen molar-refractivity contribution in [2.45, 2.75) is 90.8 Å². The minimum Gasteiger partial charge on any atom is -0.469 e. The maximum Gasteiger partial charge on any atom is 0.305 e. The maximum absolute atomic E-state index is 11.9. The van der Waals surface area contributed by atoms with Gasteiger partial charge in [0.15, 0.2) is 0 Å². The standard InChI is InChI=1S/C24H40O4/c1-14(11-22(27)28-4)18-7-8-19-17-6-5-15-12-16(25)9-10-23(15,2)20(17)13-21(26)24(18,19)3/h14-21,25-26H,5-13H2,1-4H3/t14-,15+,16+,17-,18-,19+,20+,21-,23-,24-/m0/s1. The Labute approximate surface area is 170 Å². The minimum atomic E-state index is -0.284. The molecule has 0 aliphatic heterocycles. The molecule has 0 radical (unpaired) electrons. The van der Waals surface area contributed by atoms with Gasteiger partial charge in [0.2, 0.25) is 0 Å². The van der Waals surface area contributed by atoms with Crippen molar-refractivity contribution in [3.05, 3.63) is 0 Å². The van der Waals surface area contributed by atoms with Crippen LogP contribution in [0.2, 0.25) is 0 Å². The van der Waals surface area contributed by atoms with E-state index in [9.17, 15) is 15.0 Å². The molecule has 0 aromatic carbocycles. The molecule has 4 fully saturated rings. The number of carbonyl (C=O) groups is 1. The molecule has 0 bridgehead atoms. The Morgan fingerprint density at radius 3 is 2.54 bits per heavy atom. The smallest absolute Gasteiger partial charge is 0.305 e. The summed E-state index contributed by atoms with van der Waals surface area (Å²) >= 11 is 0. The summed E-state index contributed by atoms with van der Waals surface area (Å²) in [5.74, 6) is 2.98. The normalized spacial score (nSPS) is 51.6. The Balaban J connectivity index is 1.58. The van der Waals surface area contributed by atoms with Crippen LogP contribution in [0.15, 0.2) is 0 Å². The summed E-state index contributed by atoms with van der Waals surface area (Å²) < 4.78 is 4.92. The third-order valence-electron chi connectivity index (χ3n) is 10.2. The highest BCUT2D eigenvalue weighted by Gasteiger charge is 2.63. The molecule has 4 rings (SSSR count). The zero-order valence-electron chi connectivity index (χ0n) is 18.2. The Hall–Kier alpha value is -0.610. The number of methoxy groups -OCH3 is 1. The fourth-order valence-corrected chi connectivity index (χ4v) is 8.65. The lowest BCUT2D eigenvalue weighted by molar-refractivity contribution is -0.175. The van der Waals surface area contributed by atoms with E-state index in [1.54, 1.807) is 0 Å². The van der Waals surface area contributed by atoms with Gasteiger partial charge in [-0.1, -0.05) is 20.8 Å². The molecule has 4 aliphatic rings. The van der Waals surface area contributed by atoms with E-state index in [4.69, 9.17) is 4.74 Å². The van der Waals surface area contributed by atoms with Gasteiger partial charge in [-0.05, 0) is 97.7 Å². The third kappa shape index (κ3) is 2.96. The van der Waals surface area contributed by atoms with Gasteiger partial charge in [0.05, 0.1) is 19.3 Å². The van der Waals surface area contributed by atoms with Crippen molar-refractivity contribution >= 4 is 5.97 Å². The third-order valence-corrected chi connectivity index (χ3v) is 10.2. The summed E-state index contributed by atoms with van der Waals surface area (Å²) in [6, 6.07) is 0. The molecule has 0 saturated heterocycles. The molecular formula is C24H40O4. The lowest BCUT2D eigenvalue weighted by Crippen LogP contribution is -2.58. The van der Waals surface area contributed by atoms with Gasteiger partial charge in [-0.15, -0.1) is 0 Å². The monoisotopic (exact) mass is 392 g/mol. The van der Waals surface area contributed by atoms with Gasteiger partial charge in [0, 0.05) is 6.42 Å². The van der Waals surface area contributed by atoms with Crippen molar-refractivity contribution in [3.63, 3.8) is 0 Å². The average molecular weight is 393 g/mol. The molecule has 0 aromatic rings. The summed E-state index contributed by atoms with van der Waals surface area (Å²) in [6.07, 6.45) is 8.75. The Bertz CT molecular complexity index is 605. The Morgan fingerprint density at radius 1 is 1.07 bits per heavy atom. The van der Waals surface area contributed by atoms with Crippen LogP contribution < -0.4 is 0 Å². The van der Waals surface area contributed by atoms with Crippen LogP contribution in [-0.4, -0.2) is 35.5 Å². The fourth-order valence-electron chi connectivity index (χ4n) is 8.65. The minimum absolute atomic E-state index is 0.0774. The lowest BCUT2D eigenvalue weighted by atomic mass is 9.43. The van der Waals surface area contributed by atoms with Gasteiger partial charge in [-0.2, -0.15) is 0 Å². The van der Waals surface area contributed by atoms with Gasteiger partial charge in [-0.3, -0.25) is 4.79 Å². The highest BCUT2D eigenvalue weighted by atomic mass is 16.5. The summed E-state index contributed by atoms with van der Waals surface area (Å²) in [4.78, 5) is 11.9. The molecule has 0 unspecified atom stereocenters. The maximum atomic E-state index is 11.9. The van der Waals surface area contributed by atoms with Gasteiger partial charge in [0.1, 0.15) is 0 Å². The summed E-state index contributed by atoms with van der Waals surface area (Å²) in [5, 5.41) is 21.7. The molecule has 2 N–H and O–H groups in total. The number of hydrogen-bond donors (Lipinski definition) is 2. The van der Waals surface area contributed by atoms with Crippen molar-refractivity contribution < 1.29 is 19.7 Å². The van der Waals surface area contributed by atoms with E-state index in [2.05, 4.69) is 20.8 Å². The summed E-state index contributed by atoms with van der Waals surface area (Å²) in [7, 11) is 1.47. The van der Waals surface area contributed by atoms with Crippen LogP contribution in [0.3, 0.4) is 0 Å². The number of ether oxygens (including phenoxy) is 1. The first-order valence-electron chi connectivity index (χ1n) is 11.6. The van der Waals surface area contributed by atoms with E-state index >= 15 is 0 Å². The average Bonchev–Trinajstić information content (AvgIpc) is 3.02. The van der Waals surface area contributed by atoms with E-state index in [0.717, 1.165) is 32.1 Å². The van der Waals surface area contributed by atoms with Crippen molar-refractivity contribution in [1.82, 2.24) is 0 Å². The molecule has 10 atom stereocenters. The SMILES string of the molecule is COC(=O)C[C@H](C)[C@@H]1CC[C@@H]2[C@@H]3CC[C@@H]4C[C@H](O)CC[C@]4(C)[C@@H]3C[C@H](O)[C@]21C. The van der Waals surface area contributed by atoms with Crippen LogP contribution in [-0.2, 0) is 9.53 Å². The van der Waals surface area contributed by atoms with Crippen molar-refractivity contribution in [2.75, 3.05) is 7.11 Å². The van der Waals surface area contributed by atoms with Crippen LogP contribution in [0.5, 0.6) is 0 Å². The summed E-state index contributed by atoms with van der Waals surface area (Å²) in [5.41, 5.74) is 0.201. The number of fused-ring (bicyclic) bond motifs is 5. The second-order valence-corrected chi connectivity index (χ2v) is 11.1. The zero-order chi connectivity index (χ0) is 20.3. The molecule has 0 spiro atoms. The van der Waals surface area contributed by atoms with Crippen LogP contribution in [0, 0.1) is 46.3 Å². The molecular weight excluding hydrogens is 352 g/mol. The molecule has 0 aromatic heterocycles. The van der Waals surface area contributed by atoms with Gasteiger partial charge in [0.25, 0.3) is 0 Å². The number of hydrogen-bond acceptors (Lipinski definition) is 4. The lowest BCUT2D eigenvalue weighted by Gasteiger charge is -2.62. The molecule has 4 aliphatic carbocycles. The van der Waals surface area contributed by atoms with Crippen molar-refractivity contribution in [1.29, 1.82) is 0 Å². The Morgan fingerprint density at radius 2 is 1.82 bits per heavy atom. The molecule has 4 nitrogen and oxygen atoms in total. The second-order valence-electron chi connectivity index (χ2n) is 11.1. The molecule has 28 heavy (non-hydrogen) atoms. The summed E-state index contributed by atoms with van der Waals surface area (Å²) in [6.45, 7) is 6.96. The Kier molecular flexibility index (Phi) is 5.36. The molecule has 4 heteroatoms. The predicted octanol–water partition coefficient (Wildman–Crippen LogP) is 4.18. The fraction of sp³-hybridized carbons (Fsp3) is 0.958. The highest BCUT2D eigenvalue weighted by molar-refractivity contribution is 5.69. The van der Waals surface area contributed by atoms with E-state index in [-0.39, 0.29) is 34.9 Å². The number of esters is 1. The molecule has 160 valence electrons. The van der Waals surface area contributed by atoms with Gasteiger partial charge >= 0.3 is 5.97 Å². The number of rotatable bonds is 3. The van der Waals surface area contributed by atoms with E-state index in [1.165, 1.54) is 26.4 Å². The largest absolute Gasteiger partial charge is 0.469 e. The number of carbonyl (C=O) groups excluding carboxylic acids is 1. The number of aliphatic hydroxyl groups is 2. The van der Waals surface area contributed by atoms with Crippen LogP contribution in [0.25, 0.3) is 0 Å². The first-order valence-corrected chi connectivity index (χ1v) is 11.6. The topological polar surface area (TPSA) is 66.8 Å². The van der Waals surface area contributed by atoms with Crippen LogP contribution in [0.1, 0.15) is 78.6 Å². The van der Waals surface area contributed by atoms with Crippen LogP contribution in [0.4, 0.5) is 0 Å². The number of aliphatic hydroxyl groups excluding tert-OH is 2. The first-order chi connectivity index (χ1) is 13.2. The van der Waals surface area contributed by atoms with E-state index in [0.29, 0.717) is 36.0 Å². The quantitative estimate of drug-likeness (QED) is 0.707. The van der Waals surface area contributed by atoms with Gasteiger partial charge < -0.3 is 14.9 Å². The first kappa shape index (κ1) is 20.7. The van der Waals surface area contributed by atoms with E-state index < -0.39 is 0 Å². The van der Waals surface area contributed by atoms with Crippen LogP contribution >= 0.6 is 0 Å². The zero-order valence-corrected chi connectivity index (χ0v) is 18.2. The predicted molar refractivity (Wildman–Crippen MR) is 108 cm³/mol. The second kappa shape index (κ2) is 7.27. The molecule has 4 saturated carbocycles. The highest BCUT2D eigenvalue weighted by Crippen LogP contribution is 2.68. The van der Waals surface area contributed by atoms with Gasteiger partial charge in [-0.25, -0.2) is 0 Å². The van der Waals surface area contributed by atoms with Crippen molar-refractivity contribution in [3.8, 4) is 0 Å². The van der Waals surface area contributed by atoms with Crippen molar-refractivity contribution in [2.24, 2.45) is 46.3 Å². The molecule has 0 amide bonds.